The third kappa shape index (κ3) is 2.72. The maximum absolute atomic E-state index is 8.70. The van der Waals surface area contributed by atoms with Gasteiger partial charge >= 0.3 is 0 Å². The molecule has 0 aliphatic carbocycles. The number of anilines is 1. The highest BCUT2D eigenvalue weighted by atomic mass is 35.5. The fraction of sp³-hybridized carbons (Fsp3) is 0.375. The quantitative estimate of drug-likeness (QED) is 0.845. The predicted octanol–water partition coefficient (Wildman–Crippen LogP) is 1.82. The Hall–Kier alpha value is -0.510. The van der Waals surface area contributed by atoms with Crippen LogP contribution < -0.4 is 4.90 Å². The molecular weight excluding hydrogens is 211 g/mol. The highest BCUT2D eigenvalue weighted by Gasteiger charge is 2.06. The van der Waals surface area contributed by atoms with E-state index >= 15 is 0 Å². The van der Waals surface area contributed by atoms with Crippen LogP contribution in [0.25, 0.3) is 0 Å². The molecule has 0 aliphatic rings. The lowest BCUT2D eigenvalue weighted by atomic mass is 10.4. The van der Waals surface area contributed by atoms with Crippen molar-refractivity contribution >= 4 is 29.0 Å². The molecule has 0 saturated carbocycles. The lowest BCUT2D eigenvalue weighted by Crippen LogP contribution is -2.22. The second-order valence-corrected chi connectivity index (χ2v) is 3.45. The SMILES string of the molecule is CN(CCO)c1ncc(Cl)cc1Cl. The molecule has 0 atom stereocenters. The molecule has 0 saturated heterocycles. The van der Waals surface area contributed by atoms with Crippen LogP contribution in [-0.4, -0.2) is 30.3 Å². The second kappa shape index (κ2) is 4.65. The molecule has 1 heterocycles. The minimum atomic E-state index is 0.0666. The lowest BCUT2D eigenvalue weighted by molar-refractivity contribution is 0.304. The summed E-state index contributed by atoms with van der Waals surface area (Å²) in [4.78, 5) is 5.81. The molecule has 13 heavy (non-hydrogen) atoms. The maximum Gasteiger partial charge on any atom is 0.147 e. The van der Waals surface area contributed by atoms with Gasteiger partial charge in [-0.05, 0) is 6.07 Å². The number of nitrogens with zero attached hydrogens (tertiary/aromatic N) is 2. The molecule has 72 valence electrons. The average molecular weight is 221 g/mol. The third-order valence-corrected chi connectivity index (χ3v) is 2.07. The smallest absolute Gasteiger partial charge is 0.147 e. The Kier molecular flexibility index (Phi) is 3.78. The van der Waals surface area contributed by atoms with Crippen molar-refractivity contribution in [3.63, 3.8) is 0 Å². The molecule has 1 aromatic rings. The fourth-order valence-electron chi connectivity index (χ4n) is 0.944. The van der Waals surface area contributed by atoms with Gasteiger partial charge in [0.05, 0.1) is 16.7 Å². The summed E-state index contributed by atoms with van der Waals surface area (Å²) in [6.07, 6.45) is 1.52. The van der Waals surface area contributed by atoms with Crippen LogP contribution >= 0.6 is 23.2 Å². The summed E-state index contributed by atoms with van der Waals surface area (Å²) in [6.45, 7) is 0.561. The van der Waals surface area contributed by atoms with Crippen LogP contribution in [0.2, 0.25) is 10.0 Å². The van der Waals surface area contributed by atoms with Gasteiger partial charge in [-0.25, -0.2) is 4.98 Å². The molecule has 0 fully saturated rings. The van der Waals surface area contributed by atoms with E-state index in [4.69, 9.17) is 28.3 Å². The van der Waals surface area contributed by atoms with Gasteiger partial charge in [-0.3, -0.25) is 0 Å². The Balaban J connectivity index is 2.88. The summed E-state index contributed by atoms with van der Waals surface area (Å²) < 4.78 is 0. The summed E-state index contributed by atoms with van der Waals surface area (Å²) in [5.74, 6) is 0.625. The van der Waals surface area contributed by atoms with Crippen LogP contribution in [0.1, 0.15) is 0 Å². The molecule has 0 aromatic carbocycles. The highest BCUT2D eigenvalue weighted by Crippen LogP contribution is 2.24. The third-order valence-electron chi connectivity index (χ3n) is 1.59. The topological polar surface area (TPSA) is 36.4 Å². The molecule has 1 N–H and O–H groups in total. The second-order valence-electron chi connectivity index (χ2n) is 2.60. The van der Waals surface area contributed by atoms with Gasteiger partial charge < -0.3 is 10.0 Å². The summed E-state index contributed by atoms with van der Waals surface area (Å²) >= 11 is 11.6. The van der Waals surface area contributed by atoms with Gasteiger partial charge in [0.25, 0.3) is 0 Å². The van der Waals surface area contributed by atoms with Crippen molar-refractivity contribution in [2.24, 2.45) is 0 Å². The number of aromatic nitrogens is 1. The molecule has 0 bridgehead atoms. The van der Waals surface area contributed by atoms with E-state index in [-0.39, 0.29) is 6.61 Å². The van der Waals surface area contributed by atoms with Crippen molar-refractivity contribution in [2.45, 2.75) is 0 Å². The number of likely N-dealkylation sites (N-methyl/N-ethyl adjacent to an activating group) is 1. The molecule has 3 nitrogen and oxygen atoms in total. The minimum absolute atomic E-state index is 0.0666. The normalized spacial score (nSPS) is 10.2. The largest absolute Gasteiger partial charge is 0.395 e. The Morgan fingerprint density at radius 2 is 2.23 bits per heavy atom. The molecule has 0 amide bonds. The maximum atomic E-state index is 8.70. The van der Waals surface area contributed by atoms with Gasteiger partial charge in [0, 0.05) is 19.8 Å². The molecule has 0 spiro atoms. The van der Waals surface area contributed by atoms with Gasteiger partial charge in [0.15, 0.2) is 0 Å². The Morgan fingerprint density at radius 3 is 2.77 bits per heavy atom. The Labute approximate surface area is 86.9 Å². The number of halogens is 2. The van der Waals surface area contributed by atoms with Crippen LogP contribution in [0.15, 0.2) is 12.3 Å². The molecule has 5 heteroatoms. The van der Waals surface area contributed by atoms with Crippen molar-refractivity contribution in [3.05, 3.63) is 22.3 Å². The Morgan fingerprint density at radius 1 is 1.54 bits per heavy atom. The zero-order valence-electron chi connectivity index (χ0n) is 7.17. The highest BCUT2D eigenvalue weighted by molar-refractivity contribution is 6.35. The average Bonchev–Trinajstić information content (AvgIpc) is 2.04. The number of aliphatic hydroxyl groups excluding tert-OH is 1. The van der Waals surface area contributed by atoms with Crippen molar-refractivity contribution < 1.29 is 5.11 Å². The van der Waals surface area contributed by atoms with E-state index in [1.54, 1.807) is 18.0 Å². The monoisotopic (exact) mass is 220 g/mol. The van der Waals surface area contributed by atoms with E-state index < -0.39 is 0 Å². The lowest BCUT2D eigenvalue weighted by Gasteiger charge is -2.17. The van der Waals surface area contributed by atoms with Crippen molar-refractivity contribution in [1.82, 2.24) is 4.98 Å². The van der Waals surface area contributed by atoms with E-state index in [9.17, 15) is 0 Å². The van der Waals surface area contributed by atoms with Crippen LogP contribution in [0.4, 0.5) is 5.82 Å². The molecule has 0 unspecified atom stereocenters. The van der Waals surface area contributed by atoms with E-state index in [1.807, 2.05) is 0 Å². The first-order chi connectivity index (χ1) is 6.15. The van der Waals surface area contributed by atoms with Gasteiger partial charge in [-0.1, -0.05) is 23.2 Å². The number of hydrogen-bond acceptors (Lipinski definition) is 3. The van der Waals surface area contributed by atoms with Gasteiger partial charge in [0.1, 0.15) is 5.82 Å². The first-order valence-corrected chi connectivity index (χ1v) is 4.54. The summed E-state index contributed by atoms with van der Waals surface area (Å²) in [5.41, 5.74) is 0. The first-order valence-electron chi connectivity index (χ1n) is 3.78. The summed E-state index contributed by atoms with van der Waals surface area (Å²) in [7, 11) is 1.80. The van der Waals surface area contributed by atoms with Crippen molar-refractivity contribution in [1.29, 1.82) is 0 Å². The van der Waals surface area contributed by atoms with Crippen LogP contribution in [-0.2, 0) is 0 Å². The van der Waals surface area contributed by atoms with E-state index in [0.717, 1.165) is 0 Å². The molecule has 1 rings (SSSR count). The van der Waals surface area contributed by atoms with Crippen LogP contribution in [0.5, 0.6) is 0 Å². The number of rotatable bonds is 3. The molecule has 0 aliphatic heterocycles. The molecule has 1 aromatic heterocycles. The standard InChI is InChI=1S/C8H10Cl2N2O/c1-12(2-3-13)8-7(10)4-6(9)5-11-8/h4-5,13H,2-3H2,1H3. The number of pyridine rings is 1. The summed E-state index contributed by atoms with van der Waals surface area (Å²) in [6, 6.07) is 1.62. The fourth-order valence-corrected chi connectivity index (χ4v) is 1.47. The Bertz CT molecular complexity index is 293. The van der Waals surface area contributed by atoms with Crippen molar-refractivity contribution in [3.8, 4) is 0 Å². The number of aliphatic hydroxyl groups is 1. The predicted molar refractivity (Wildman–Crippen MR) is 54.6 cm³/mol. The van der Waals surface area contributed by atoms with Gasteiger partial charge in [-0.15, -0.1) is 0 Å². The number of hydrogen-bond donors (Lipinski definition) is 1. The van der Waals surface area contributed by atoms with Crippen LogP contribution in [0.3, 0.4) is 0 Å². The molecular formula is C8H10Cl2N2O. The van der Waals surface area contributed by atoms with E-state index in [0.29, 0.717) is 22.4 Å². The molecule has 0 radical (unpaired) electrons. The van der Waals surface area contributed by atoms with Gasteiger partial charge in [-0.2, -0.15) is 0 Å². The first kappa shape index (κ1) is 10.6. The van der Waals surface area contributed by atoms with E-state index in [1.165, 1.54) is 6.20 Å². The van der Waals surface area contributed by atoms with Crippen molar-refractivity contribution in [2.75, 3.05) is 25.1 Å². The summed E-state index contributed by atoms with van der Waals surface area (Å²) in [5, 5.41) is 9.70. The zero-order valence-corrected chi connectivity index (χ0v) is 8.68. The van der Waals surface area contributed by atoms with E-state index in [2.05, 4.69) is 4.98 Å². The van der Waals surface area contributed by atoms with Crippen LogP contribution in [0, 0.1) is 0 Å². The minimum Gasteiger partial charge on any atom is -0.395 e. The van der Waals surface area contributed by atoms with Gasteiger partial charge in [0.2, 0.25) is 0 Å². The zero-order chi connectivity index (χ0) is 9.84.